The summed E-state index contributed by atoms with van der Waals surface area (Å²) in [5.41, 5.74) is -0.192. The Morgan fingerprint density at radius 1 is 1.35 bits per heavy atom. The van der Waals surface area contributed by atoms with Crippen molar-refractivity contribution in [2.75, 3.05) is 5.32 Å². The molecule has 1 aromatic carbocycles. The summed E-state index contributed by atoms with van der Waals surface area (Å²) in [4.78, 5) is 14.1. The predicted molar refractivity (Wildman–Crippen MR) is 71.5 cm³/mol. The lowest BCUT2D eigenvalue weighted by molar-refractivity contribution is 0.102. The summed E-state index contributed by atoms with van der Waals surface area (Å²) in [6, 6.07) is 4.19. The molecule has 1 heterocycles. The van der Waals surface area contributed by atoms with Gasteiger partial charge in [0.15, 0.2) is 0 Å². The molecule has 0 fully saturated rings. The number of amides is 1. The molecule has 0 radical (unpaired) electrons. The predicted octanol–water partition coefficient (Wildman–Crippen LogP) is 1.71. The van der Waals surface area contributed by atoms with Gasteiger partial charge in [0.05, 0.1) is 15.6 Å². The van der Waals surface area contributed by atoms with Crippen molar-refractivity contribution in [1.82, 2.24) is 4.98 Å². The fraction of sp³-hybridized carbons (Fsp3) is 0. The highest BCUT2D eigenvalue weighted by Gasteiger charge is 2.15. The molecular formula is C11H9ClFN3O3S. The van der Waals surface area contributed by atoms with Crippen LogP contribution in [-0.4, -0.2) is 19.3 Å². The first-order valence-corrected chi connectivity index (χ1v) is 7.17. The minimum Gasteiger partial charge on any atom is -0.356 e. The van der Waals surface area contributed by atoms with Gasteiger partial charge in [-0.2, -0.15) is 0 Å². The number of nitrogens with two attached hydrogens (primary N) is 1. The molecule has 0 aliphatic heterocycles. The molecule has 20 heavy (non-hydrogen) atoms. The van der Waals surface area contributed by atoms with E-state index in [1.54, 1.807) is 0 Å². The van der Waals surface area contributed by atoms with Gasteiger partial charge in [0.25, 0.3) is 5.91 Å². The summed E-state index contributed by atoms with van der Waals surface area (Å²) in [6.45, 7) is 0. The van der Waals surface area contributed by atoms with Crippen LogP contribution >= 0.6 is 11.6 Å². The largest absolute Gasteiger partial charge is 0.356 e. The van der Waals surface area contributed by atoms with E-state index in [0.717, 1.165) is 18.2 Å². The number of hydrogen-bond donors (Lipinski definition) is 3. The Balaban J connectivity index is 2.31. The van der Waals surface area contributed by atoms with Gasteiger partial charge in [0.2, 0.25) is 10.0 Å². The van der Waals surface area contributed by atoms with Gasteiger partial charge in [-0.25, -0.2) is 17.9 Å². The smallest absolute Gasteiger partial charge is 0.272 e. The number of sulfonamides is 1. The zero-order valence-corrected chi connectivity index (χ0v) is 11.4. The normalized spacial score (nSPS) is 11.3. The average molecular weight is 318 g/mol. The van der Waals surface area contributed by atoms with Gasteiger partial charge in [0.1, 0.15) is 11.5 Å². The van der Waals surface area contributed by atoms with Gasteiger partial charge in [-0.1, -0.05) is 11.6 Å². The lowest BCUT2D eigenvalue weighted by Gasteiger charge is -2.07. The first-order valence-electron chi connectivity index (χ1n) is 5.25. The van der Waals surface area contributed by atoms with Crippen molar-refractivity contribution >= 4 is 33.2 Å². The number of hydrogen-bond acceptors (Lipinski definition) is 3. The van der Waals surface area contributed by atoms with Crippen LogP contribution in [0.25, 0.3) is 0 Å². The molecule has 0 bridgehead atoms. The fourth-order valence-corrected chi connectivity index (χ4v) is 2.17. The summed E-state index contributed by atoms with van der Waals surface area (Å²) >= 11 is 5.64. The highest BCUT2D eigenvalue weighted by atomic mass is 35.5. The van der Waals surface area contributed by atoms with E-state index in [4.69, 9.17) is 16.7 Å². The summed E-state index contributed by atoms with van der Waals surface area (Å²) in [6.07, 6.45) is 1.38. The van der Waals surface area contributed by atoms with Gasteiger partial charge >= 0.3 is 0 Å². The van der Waals surface area contributed by atoms with Crippen LogP contribution < -0.4 is 10.5 Å². The molecule has 0 saturated carbocycles. The number of aromatic amines is 1. The zero-order chi connectivity index (χ0) is 14.9. The van der Waals surface area contributed by atoms with Gasteiger partial charge in [-0.05, 0) is 24.3 Å². The van der Waals surface area contributed by atoms with Crippen LogP contribution in [0.3, 0.4) is 0 Å². The second-order valence-corrected chi connectivity index (χ2v) is 5.87. The molecule has 0 spiro atoms. The number of carbonyl (C=O) groups is 1. The number of aromatic nitrogens is 1. The molecule has 106 valence electrons. The number of primary sulfonamides is 1. The van der Waals surface area contributed by atoms with Crippen molar-refractivity contribution in [3.05, 3.63) is 47.0 Å². The van der Waals surface area contributed by atoms with E-state index < -0.39 is 21.7 Å². The Morgan fingerprint density at radius 2 is 2.05 bits per heavy atom. The highest BCUT2D eigenvalue weighted by Crippen LogP contribution is 2.20. The third kappa shape index (κ3) is 3.16. The van der Waals surface area contributed by atoms with E-state index in [-0.39, 0.29) is 16.3 Å². The minimum atomic E-state index is -3.99. The Hall–Kier alpha value is -1.90. The van der Waals surface area contributed by atoms with E-state index in [0.29, 0.717) is 5.02 Å². The Kier molecular flexibility index (Phi) is 3.80. The SMILES string of the molecule is NS(=O)(=O)c1ccc(F)c(NC(=O)c2cc(Cl)c[nH]2)c1. The van der Waals surface area contributed by atoms with Crippen molar-refractivity contribution < 1.29 is 17.6 Å². The maximum Gasteiger partial charge on any atom is 0.272 e. The van der Waals surface area contributed by atoms with Crippen LogP contribution in [0.15, 0.2) is 35.4 Å². The van der Waals surface area contributed by atoms with E-state index in [1.807, 2.05) is 0 Å². The van der Waals surface area contributed by atoms with Crippen LogP contribution in [0.4, 0.5) is 10.1 Å². The molecule has 4 N–H and O–H groups in total. The fourth-order valence-electron chi connectivity index (χ4n) is 1.47. The number of halogens is 2. The molecule has 6 nitrogen and oxygen atoms in total. The number of benzene rings is 1. The monoisotopic (exact) mass is 317 g/mol. The van der Waals surface area contributed by atoms with Crippen molar-refractivity contribution in [2.45, 2.75) is 4.90 Å². The van der Waals surface area contributed by atoms with Crippen LogP contribution in [0.2, 0.25) is 5.02 Å². The third-order valence-corrected chi connectivity index (χ3v) is 3.54. The van der Waals surface area contributed by atoms with E-state index in [2.05, 4.69) is 10.3 Å². The van der Waals surface area contributed by atoms with Crippen LogP contribution in [0.1, 0.15) is 10.5 Å². The molecule has 2 rings (SSSR count). The molecule has 0 aliphatic rings. The van der Waals surface area contributed by atoms with Crippen LogP contribution in [0.5, 0.6) is 0 Å². The Morgan fingerprint density at radius 3 is 2.60 bits per heavy atom. The number of rotatable bonds is 3. The minimum absolute atomic E-state index is 0.107. The summed E-state index contributed by atoms with van der Waals surface area (Å²) in [7, 11) is -3.99. The maximum atomic E-state index is 13.6. The van der Waals surface area contributed by atoms with Gasteiger partial charge in [-0.3, -0.25) is 4.79 Å². The summed E-state index contributed by atoms with van der Waals surface area (Å²) < 4.78 is 35.9. The molecule has 0 unspecified atom stereocenters. The van der Waals surface area contributed by atoms with E-state index in [1.165, 1.54) is 12.3 Å². The standard InChI is InChI=1S/C11H9ClFN3O3S/c12-6-3-10(15-5-6)11(17)16-9-4-7(20(14,18)19)1-2-8(9)13/h1-5,15H,(H,16,17)(H2,14,18,19). The van der Waals surface area contributed by atoms with Crippen molar-refractivity contribution in [3.63, 3.8) is 0 Å². The molecule has 0 atom stereocenters. The molecule has 2 aromatic rings. The van der Waals surface area contributed by atoms with Crippen molar-refractivity contribution in [2.24, 2.45) is 5.14 Å². The lowest BCUT2D eigenvalue weighted by Crippen LogP contribution is -2.16. The highest BCUT2D eigenvalue weighted by molar-refractivity contribution is 7.89. The van der Waals surface area contributed by atoms with Gasteiger partial charge in [0, 0.05) is 6.20 Å². The third-order valence-electron chi connectivity index (χ3n) is 2.41. The van der Waals surface area contributed by atoms with Crippen molar-refractivity contribution in [1.29, 1.82) is 0 Å². The van der Waals surface area contributed by atoms with Gasteiger partial charge < -0.3 is 10.3 Å². The summed E-state index contributed by atoms with van der Waals surface area (Å²) in [5.74, 6) is -1.45. The second kappa shape index (κ2) is 5.23. The number of carbonyl (C=O) groups excluding carboxylic acids is 1. The van der Waals surface area contributed by atoms with Gasteiger partial charge in [-0.15, -0.1) is 0 Å². The van der Waals surface area contributed by atoms with E-state index in [9.17, 15) is 17.6 Å². The molecular weight excluding hydrogens is 309 g/mol. The number of H-pyrrole nitrogens is 1. The zero-order valence-electron chi connectivity index (χ0n) is 9.85. The second-order valence-electron chi connectivity index (χ2n) is 3.87. The quantitative estimate of drug-likeness (QED) is 0.802. The molecule has 1 amide bonds. The van der Waals surface area contributed by atoms with E-state index >= 15 is 0 Å². The Bertz CT molecular complexity index is 773. The first-order chi connectivity index (χ1) is 9.27. The van der Waals surface area contributed by atoms with Crippen molar-refractivity contribution in [3.8, 4) is 0 Å². The first kappa shape index (κ1) is 14.5. The maximum absolute atomic E-state index is 13.6. The lowest BCUT2D eigenvalue weighted by atomic mass is 10.3. The van der Waals surface area contributed by atoms with Crippen LogP contribution in [0, 0.1) is 5.82 Å². The van der Waals surface area contributed by atoms with Crippen LogP contribution in [-0.2, 0) is 10.0 Å². The molecule has 0 saturated heterocycles. The Labute approximate surface area is 118 Å². The average Bonchev–Trinajstić information content (AvgIpc) is 2.77. The molecule has 0 aliphatic carbocycles. The summed E-state index contributed by atoms with van der Waals surface area (Å²) in [5, 5.41) is 7.48. The molecule has 1 aromatic heterocycles. The number of nitrogens with one attached hydrogen (secondary N) is 2. The molecule has 9 heteroatoms. The number of anilines is 1. The topological polar surface area (TPSA) is 105 Å².